The van der Waals surface area contributed by atoms with Gasteiger partial charge in [-0.25, -0.2) is 0 Å². The van der Waals surface area contributed by atoms with Crippen molar-refractivity contribution < 1.29 is 14.3 Å². The van der Waals surface area contributed by atoms with E-state index in [1.807, 2.05) is 13.8 Å². The number of rotatable bonds is 6. The van der Waals surface area contributed by atoms with Crippen LogP contribution < -0.4 is 5.32 Å². The largest absolute Gasteiger partial charge is 0.459 e. The molecule has 1 rings (SSSR count). The Morgan fingerprint density at radius 1 is 1.41 bits per heavy atom. The van der Waals surface area contributed by atoms with Crippen molar-refractivity contribution in [3.8, 4) is 0 Å². The van der Waals surface area contributed by atoms with Gasteiger partial charge in [-0.1, -0.05) is 0 Å². The normalized spacial score (nSPS) is 19.6. The Labute approximate surface area is 103 Å². The highest BCUT2D eigenvalue weighted by Gasteiger charge is 2.15. The van der Waals surface area contributed by atoms with Crippen LogP contribution in [0.5, 0.6) is 0 Å². The highest BCUT2D eigenvalue weighted by atomic mass is 16.6. The lowest BCUT2D eigenvalue weighted by atomic mass is 10.4. The Bertz CT molecular complexity index is 216. The molecule has 0 radical (unpaired) electrons. The minimum absolute atomic E-state index is 0.154. The summed E-state index contributed by atoms with van der Waals surface area (Å²) in [7, 11) is 0. The van der Waals surface area contributed by atoms with Crippen molar-refractivity contribution in [3.05, 3.63) is 0 Å². The van der Waals surface area contributed by atoms with Gasteiger partial charge < -0.3 is 14.8 Å². The molecule has 0 saturated carbocycles. The Hall–Kier alpha value is -0.650. The Morgan fingerprint density at radius 2 is 2.24 bits per heavy atom. The van der Waals surface area contributed by atoms with E-state index in [4.69, 9.17) is 9.47 Å². The molecule has 1 heterocycles. The summed E-state index contributed by atoms with van der Waals surface area (Å²) in [4.78, 5) is 13.8. The van der Waals surface area contributed by atoms with E-state index < -0.39 is 0 Å². The van der Waals surface area contributed by atoms with Gasteiger partial charge in [0.15, 0.2) is 0 Å². The van der Waals surface area contributed by atoms with Gasteiger partial charge in [0.25, 0.3) is 0 Å². The van der Waals surface area contributed by atoms with E-state index in [1.54, 1.807) is 0 Å². The topological polar surface area (TPSA) is 50.8 Å². The minimum atomic E-state index is -0.160. The van der Waals surface area contributed by atoms with Crippen LogP contribution in [0.25, 0.3) is 0 Å². The molecule has 0 aromatic carbocycles. The molecule has 5 nitrogen and oxygen atoms in total. The molecular formula is C12H24N2O3. The zero-order chi connectivity index (χ0) is 12.5. The van der Waals surface area contributed by atoms with Gasteiger partial charge in [0.1, 0.15) is 6.10 Å². The lowest BCUT2D eigenvalue weighted by Gasteiger charge is -2.20. The summed E-state index contributed by atoms with van der Waals surface area (Å²) < 4.78 is 10.5. The lowest BCUT2D eigenvalue weighted by Crippen LogP contribution is -2.35. The number of esters is 1. The summed E-state index contributed by atoms with van der Waals surface area (Å²) in [6.45, 7) is 9.16. The van der Waals surface area contributed by atoms with Crippen LogP contribution in [0.15, 0.2) is 0 Å². The van der Waals surface area contributed by atoms with Crippen molar-refractivity contribution in [2.24, 2.45) is 0 Å². The van der Waals surface area contributed by atoms with Gasteiger partial charge in [-0.3, -0.25) is 9.69 Å². The average Bonchev–Trinajstić information content (AvgIpc) is 2.54. The summed E-state index contributed by atoms with van der Waals surface area (Å²) in [6.07, 6.45) is 0.925. The number of carbonyl (C=O) groups excluding carboxylic acids is 1. The molecule has 0 spiro atoms. The molecular weight excluding hydrogens is 220 g/mol. The molecule has 1 atom stereocenters. The van der Waals surface area contributed by atoms with Crippen LogP contribution in [0.1, 0.15) is 20.3 Å². The van der Waals surface area contributed by atoms with Gasteiger partial charge >= 0.3 is 5.97 Å². The first-order valence-electron chi connectivity index (χ1n) is 6.42. The van der Waals surface area contributed by atoms with Gasteiger partial charge in [-0.15, -0.1) is 0 Å². The molecule has 5 heteroatoms. The smallest absolute Gasteiger partial charge is 0.320 e. The Morgan fingerprint density at radius 3 is 3.00 bits per heavy atom. The average molecular weight is 244 g/mol. The number of ether oxygens (including phenoxy) is 2. The first-order valence-corrected chi connectivity index (χ1v) is 6.42. The maximum Gasteiger partial charge on any atom is 0.320 e. The first-order chi connectivity index (χ1) is 8.22. The fraction of sp³-hybridized carbons (Fsp3) is 0.917. The highest BCUT2D eigenvalue weighted by molar-refractivity contribution is 5.71. The quantitative estimate of drug-likeness (QED) is 0.679. The van der Waals surface area contributed by atoms with E-state index in [-0.39, 0.29) is 12.1 Å². The van der Waals surface area contributed by atoms with Crippen molar-refractivity contribution in [3.63, 3.8) is 0 Å². The molecule has 0 aliphatic carbocycles. The molecule has 1 fully saturated rings. The van der Waals surface area contributed by atoms with E-state index in [1.165, 1.54) is 0 Å². The van der Waals surface area contributed by atoms with Gasteiger partial charge in [0.2, 0.25) is 0 Å². The number of nitrogens with one attached hydrogen (secondary N) is 1. The van der Waals surface area contributed by atoms with Crippen molar-refractivity contribution in [2.75, 3.05) is 45.9 Å². The second-order valence-corrected chi connectivity index (χ2v) is 4.34. The van der Waals surface area contributed by atoms with Gasteiger partial charge in [0.05, 0.1) is 13.2 Å². The van der Waals surface area contributed by atoms with Crippen LogP contribution >= 0.6 is 0 Å². The number of hydrogen-bond acceptors (Lipinski definition) is 5. The third kappa shape index (κ3) is 6.61. The molecule has 0 aromatic rings. The summed E-state index contributed by atoms with van der Waals surface area (Å²) in [5.74, 6) is -0.154. The monoisotopic (exact) mass is 244 g/mol. The SMILES string of the molecule is CCOCC(C)OC(=O)CN1CCCNCC1. The van der Waals surface area contributed by atoms with Crippen LogP contribution in [0.3, 0.4) is 0 Å². The predicted molar refractivity (Wildman–Crippen MR) is 66.0 cm³/mol. The predicted octanol–water partition coefficient (Wildman–Crippen LogP) is 0.250. The van der Waals surface area contributed by atoms with Crippen molar-refractivity contribution >= 4 is 5.97 Å². The van der Waals surface area contributed by atoms with E-state index in [9.17, 15) is 4.79 Å². The van der Waals surface area contributed by atoms with Gasteiger partial charge in [0, 0.05) is 19.7 Å². The number of hydrogen-bond donors (Lipinski definition) is 1. The summed E-state index contributed by atoms with van der Waals surface area (Å²) in [6, 6.07) is 0. The Kier molecular flexibility index (Phi) is 7.16. The molecule has 1 aliphatic heterocycles. The zero-order valence-corrected chi connectivity index (χ0v) is 10.9. The zero-order valence-electron chi connectivity index (χ0n) is 10.9. The van der Waals surface area contributed by atoms with Crippen LogP contribution in [0, 0.1) is 0 Å². The summed E-state index contributed by atoms with van der Waals surface area (Å²) in [5.41, 5.74) is 0. The van der Waals surface area contributed by atoms with E-state index in [0.717, 1.165) is 32.6 Å². The van der Waals surface area contributed by atoms with Crippen molar-refractivity contribution in [1.29, 1.82) is 0 Å². The molecule has 1 saturated heterocycles. The van der Waals surface area contributed by atoms with E-state index >= 15 is 0 Å². The maximum absolute atomic E-state index is 11.7. The van der Waals surface area contributed by atoms with Gasteiger partial charge in [-0.2, -0.15) is 0 Å². The highest BCUT2D eigenvalue weighted by Crippen LogP contribution is 1.98. The number of carbonyl (C=O) groups is 1. The second kappa shape index (κ2) is 8.44. The summed E-state index contributed by atoms with van der Waals surface area (Å²) in [5, 5.41) is 3.31. The minimum Gasteiger partial charge on any atom is -0.459 e. The van der Waals surface area contributed by atoms with Crippen molar-refractivity contribution in [1.82, 2.24) is 10.2 Å². The molecule has 100 valence electrons. The molecule has 0 aromatic heterocycles. The van der Waals surface area contributed by atoms with Crippen molar-refractivity contribution in [2.45, 2.75) is 26.4 Å². The lowest BCUT2D eigenvalue weighted by molar-refractivity contribution is -0.152. The second-order valence-electron chi connectivity index (χ2n) is 4.34. The fourth-order valence-corrected chi connectivity index (χ4v) is 1.82. The van der Waals surface area contributed by atoms with Crippen LogP contribution in [0.2, 0.25) is 0 Å². The standard InChI is InChI=1S/C12H24N2O3/c1-3-16-10-11(2)17-12(15)9-14-7-4-5-13-6-8-14/h11,13H,3-10H2,1-2H3. The van der Waals surface area contributed by atoms with E-state index in [0.29, 0.717) is 19.8 Å². The maximum atomic E-state index is 11.7. The third-order valence-corrected chi connectivity index (χ3v) is 2.67. The molecule has 0 amide bonds. The molecule has 17 heavy (non-hydrogen) atoms. The van der Waals surface area contributed by atoms with Gasteiger partial charge in [-0.05, 0) is 33.4 Å². The Balaban J connectivity index is 2.18. The molecule has 1 unspecified atom stereocenters. The van der Waals surface area contributed by atoms with Crippen LogP contribution in [0.4, 0.5) is 0 Å². The number of nitrogens with zero attached hydrogens (tertiary/aromatic N) is 1. The first kappa shape index (κ1) is 14.4. The molecule has 1 aliphatic rings. The summed E-state index contributed by atoms with van der Waals surface area (Å²) >= 11 is 0. The molecule has 0 bridgehead atoms. The van der Waals surface area contributed by atoms with Crippen LogP contribution in [-0.4, -0.2) is 62.9 Å². The van der Waals surface area contributed by atoms with Crippen LogP contribution in [-0.2, 0) is 14.3 Å². The fourth-order valence-electron chi connectivity index (χ4n) is 1.82. The third-order valence-electron chi connectivity index (χ3n) is 2.67. The molecule has 1 N–H and O–H groups in total. The van der Waals surface area contributed by atoms with E-state index in [2.05, 4.69) is 10.2 Å².